The van der Waals surface area contributed by atoms with Gasteiger partial charge in [-0.2, -0.15) is 0 Å². The number of rotatable bonds is 4. The van der Waals surface area contributed by atoms with E-state index in [1.807, 2.05) is 30.3 Å². The fourth-order valence-electron chi connectivity index (χ4n) is 3.78. The first-order chi connectivity index (χ1) is 13.1. The van der Waals surface area contributed by atoms with E-state index in [1.54, 1.807) is 0 Å². The highest BCUT2D eigenvalue weighted by Gasteiger charge is 2.21. The standard InChI is InChI=1S/C22H23ClN2O2/c1-14-19-12-18(23)11-17(13-24-22(26)16-7-9-27-10-8-16)21(19)25-20(14)15-5-3-2-4-6-15/h2-6,11-12,16,25H,7-10,13H2,1H3,(H,24,26). The van der Waals surface area contributed by atoms with E-state index in [0.717, 1.165) is 46.1 Å². The number of fused-ring (bicyclic) bond motifs is 1. The molecule has 5 heteroatoms. The molecule has 27 heavy (non-hydrogen) atoms. The van der Waals surface area contributed by atoms with Gasteiger partial charge in [-0.1, -0.05) is 41.9 Å². The van der Waals surface area contributed by atoms with E-state index >= 15 is 0 Å². The number of carbonyl (C=O) groups excluding carboxylic acids is 1. The second-order valence-corrected chi connectivity index (χ2v) is 7.52. The van der Waals surface area contributed by atoms with Crippen LogP contribution in [0.4, 0.5) is 0 Å². The Morgan fingerprint density at radius 3 is 2.70 bits per heavy atom. The molecule has 1 amide bonds. The normalized spacial score (nSPS) is 15.2. The highest BCUT2D eigenvalue weighted by molar-refractivity contribution is 6.31. The third-order valence-electron chi connectivity index (χ3n) is 5.32. The SMILES string of the molecule is Cc1c(-c2ccccc2)[nH]c2c(CNC(=O)C3CCOCC3)cc(Cl)cc12. The number of hydrogen-bond donors (Lipinski definition) is 2. The van der Waals surface area contributed by atoms with Crippen molar-refractivity contribution in [2.45, 2.75) is 26.3 Å². The summed E-state index contributed by atoms with van der Waals surface area (Å²) in [5.74, 6) is 0.136. The molecule has 1 saturated heterocycles. The molecule has 4 nitrogen and oxygen atoms in total. The van der Waals surface area contributed by atoms with E-state index in [1.165, 1.54) is 0 Å². The van der Waals surface area contributed by atoms with Gasteiger partial charge in [-0.05, 0) is 48.6 Å². The summed E-state index contributed by atoms with van der Waals surface area (Å²) in [6.07, 6.45) is 1.58. The number of H-pyrrole nitrogens is 1. The maximum atomic E-state index is 12.5. The minimum absolute atomic E-state index is 0.0404. The molecular formula is C22H23ClN2O2. The first-order valence-corrected chi connectivity index (χ1v) is 9.73. The van der Waals surface area contributed by atoms with Crippen molar-refractivity contribution in [1.29, 1.82) is 0 Å². The van der Waals surface area contributed by atoms with E-state index in [4.69, 9.17) is 16.3 Å². The average Bonchev–Trinajstić information content (AvgIpc) is 3.04. The lowest BCUT2D eigenvalue weighted by Crippen LogP contribution is -2.33. The van der Waals surface area contributed by atoms with Crippen LogP contribution in [-0.2, 0) is 16.1 Å². The summed E-state index contributed by atoms with van der Waals surface area (Å²) in [5.41, 5.74) is 5.42. The molecule has 1 fully saturated rings. The molecular weight excluding hydrogens is 360 g/mol. The third kappa shape index (κ3) is 3.73. The molecule has 0 aliphatic carbocycles. The van der Waals surface area contributed by atoms with Crippen LogP contribution < -0.4 is 5.32 Å². The fourth-order valence-corrected chi connectivity index (χ4v) is 4.02. The lowest BCUT2D eigenvalue weighted by molar-refractivity contribution is -0.128. The molecule has 0 saturated carbocycles. The minimum Gasteiger partial charge on any atom is -0.381 e. The Balaban J connectivity index is 1.63. The van der Waals surface area contributed by atoms with Crippen LogP contribution in [-0.4, -0.2) is 24.1 Å². The fraction of sp³-hybridized carbons (Fsp3) is 0.318. The van der Waals surface area contributed by atoms with Crippen LogP contribution in [0.25, 0.3) is 22.2 Å². The zero-order chi connectivity index (χ0) is 18.8. The van der Waals surface area contributed by atoms with E-state index in [0.29, 0.717) is 24.8 Å². The number of carbonyl (C=O) groups is 1. The second-order valence-electron chi connectivity index (χ2n) is 7.08. The van der Waals surface area contributed by atoms with E-state index in [-0.39, 0.29) is 11.8 Å². The van der Waals surface area contributed by atoms with Crippen molar-refractivity contribution < 1.29 is 9.53 Å². The van der Waals surface area contributed by atoms with Gasteiger partial charge in [-0.15, -0.1) is 0 Å². The van der Waals surface area contributed by atoms with Gasteiger partial charge in [0.15, 0.2) is 0 Å². The molecule has 140 valence electrons. The molecule has 0 spiro atoms. The van der Waals surface area contributed by atoms with Crippen LogP contribution in [0.1, 0.15) is 24.0 Å². The van der Waals surface area contributed by atoms with Gasteiger partial charge in [-0.3, -0.25) is 4.79 Å². The van der Waals surface area contributed by atoms with Crippen LogP contribution >= 0.6 is 11.6 Å². The van der Waals surface area contributed by atoms with Gasteiger partial charge in [0.1, 0.15) is 0 Å². The lowest BCUT2D eigenvalue weighted by atomic mass is 9.99. The number of nitrogens with one attached hydrogen (secondary N) is 2. The van der Waals surface area contributed by atoms with Crippen LogP contribution in [0.15, 0.2) is 42.5 Å². The molecule has 0 radical (unpaired) electrons. The van der Waals surface area contributed by atoms with E-state index < -0.39 is 0 Å². The van der Waals surface area contributed by atoms with E-state index in [2.05, 4.69) is 29.4 Å². The second kappa shape index (κ2) is 7.75. The van der Waals surface area contributed by atoms with Gasteiger partial charge in [0.2, 0.25) is 5.91 Å². The highest BCUT2D eigenvalue weighted by Crippen LogP contribution is 2.33. The molecule has 1 aliphatic heterocycles. The van der Waals surface area contributed by atoms with Gasteiger partial charge < -0.3 is 15.0 Å². The molecule has 3 aromatic rings. The summed E-state index contributed by atoms with van der Waals surface area (Å²) in [4.78, 5) is 16.0. The zero-order valence-corrected chi connectivity index (χ0v) is 16.1. The zero-order valence-electron chi connectivity index (χ0n) is 15.3. The molecule has 2 N–H and O–H groups in total. The number of aromatic amines is 1. The van der Waals surface area contributed by atoms with Crippen LogP contribution in [0.2, 0.25) is 5.02 Å². The quantitative estimate of drug-likeness (QED) is 0.678. The van der Waals surface area contributed by atoms with Gasteiger partial charge in [0.05, 0.1) is 5.52 Å². The van der Waals surface area contributed by atoms with Crippen molar-refractivity contribution in [3.05, 3.63) is 58.6 Å². The predicted octanol–water partition coefficient (Wildman–Crippen LogP) is 4.84. The predicted molar refractivity (Wildman–Crippen MR) is 109 cm³/mol. The number of aryl methyl sites for hydroxylation is 1. The van der Waals surface area contributed by atoms with Gasteiger partial charge in [0.25, 0.3) is 0 Å². The number of aromatic nitrogens is 1. The summed E-state index contributed by atoms with van der Waals surface area (Å²) >= 11 is 6.37. The molecule has 0 atom stereocenters. The number of amides is 1. The third-order valence-corrected chi connectivity index (χ3v) is 5.54. The van der Waals surface area contributed by atoms with Crippen molar-refractivity contribution in [1.82, 2.24) is 10.3 Å². The first-order valence-electron chi connectivity index (χ1n) is 9.35. The van der Waals surface area contributed by atoms with Gasteiger partial charge >= 0.3 is 0 Å². The largest absolute Gasteiger partial charge is 0.381 e. The number of halogens is 1. The first kappa shape index (κ1) is 18.1. The lowest BCUT2D eigenvalue weighted by Gasteiger charge is -2.21. The summed E-state index contributed by atoms with van der Waals surface area (Å²) in [6.45, 7) is 3.88. The average molecular weight is 383 g/mol. The van der Waals surface area contributed by atoms with Crippen molar-refractivity contribution >= 4 is 28.4 Å². The Morgan fingerprint density at radius 2 is 1.96 bits per heavy atom. The molecule has 4 rings (SSSR count). The number of hydrogen-bond acceptors (Lipinski definition) is 2. The topological polar surface area (TPSA) is 54.1 Å². The highest BCUT2D eigenvalue weighted by atomic mass is 35.5. The number of ether oxygens (including phenoxy) is 1. The van der Waals surface area contributed by atoms with Gasteiger partial charge in [0, 0.05) is 41.8 Å². The molecule has 0 unspecified atom stereocenters. The van der Waals surface area contributed by atoms with Crippen LogP contribution in [0.3, 0.4) is 0 Å². The van der Waals surface area contributed by atoms with E-state index in [9.17, 15) is 4.79 Å². The Labute approximate surface area is 163 Å². The van der Waals surface area contributed by atoms with Crippen molar-refractivity contribution in [3.8, 4) is 11.3 Å². The maximum absolute atomic E-state index is 12.5. The summed E-state index contributed by atoms with van der Waals surface area (Å²) < 4.78 is 5.34. The van der Waals surface area contributed by atoms with Gasteiger partial charge in [-0.25, -0.2) is 0 Å². The van der Waals surface area contributed by atoms with Crippen molar-refractivity contribution in [3.63, 3.8) is 0 Å². The van der Waals surface area contributed by atoms with Crippen molar-refractivity contribution in [2.75, 3.05) is 13.2 Å². The smallest absolute Gasteiger partial charge is 0.223 e. The Hall–Kier alpha value is -2.30. The molecule has 1 aromatic heterocycles. The Morgan fingerprint density at radius 1 is 1.22 bits per heavy atom. The van der Waals surface area contributed by atoms with Crippen LogP contribution in [0, 0.1) is 12.8 Å². The monoisotopic (exact) mass is 382 g/mol. The molecule has 2 aromatic carbocycles. The Kier molecular flexibility index (Phi) is 5.19. The summed E-state index contributed by atoms with van der Waals surface area (Å²) in [5, 5.41) is 4.86. The molecule has 2 heterocycles. The summed E-state index contributed by atoms with van der Waals surface area (Å²) in [6, 6.07) is 14.2. The Bertz CT molecular complexity index is 959. The minimum atomic E-state index is 0.0404. The van der Waals surface area contributed by atoms with Crippen LogP contribution in [0.5, 0.6) is 0 Å². The molecule has 1 aliphatic rings. The molecule has 0 bridgehead atoms. The number of benzene rings is 2. The summed E-state index contributed by atoms with van der Waals surface area (Å²) in [7, 11) is 0. The maximum Gasteiger partial charge on any atom is 0.223 e. The van der Waals surface area contributed by atoms with Crippen molar-refractivity contribution in [2.24, 2.45) is 5.92 Å².